The average molecular weight is 406 g/mol. The summed E-state index contributed by atoms with van der Waals surface area (Å²) < 4.78 is 13.0. The lowest BCUT2D eigenvalue weighted by Crippen LogP contribution is -2.02. The number of nitrogens with one attached hydrogen (secondary N) is 1. The van der Waals surface area contributed by atoms with Crippen molar-refractivity contribution >= 4 is 18.4 Å². The quantitative estimate of drug-likeness (QED) is 0.381. The minimum absolute atomic E-state index is 0.390. The standard InChI is InChI=1S/C22H26N6O2/c1-3-13-29-20-11-7-5-9-18(20)15-23-26-22-27-24-17-28(22)25-16-19-10-6-8-12-21(19)30-14-4-2/h5-12,15-17H,3-4,13-14H2,1-2H3,(H,26,27)/b23-15+,25-16+. The van der Waals surface area contributed by atoms with Crippen LogP contribution in [0.4, 0.5) is 5.95 Å². The maximum absolute atomic E-state index is 5.76. The number of hydrazone groups is 1. The van der Waals surface area contributed by atoms with Gasteiger partial charge in [-0.05, 0) is 37.1 Å². The van der Waals surface area contributed by atoms with Gasteiger partial charge >= 0.3 is 0 Å². The zero-order chi connectivity index (χ0) is 21.0. The molecule has 0 bridgehead atoms. The third kappa shape index (κ3) is 5.91. The summed E-state index contributed by atoms with van der Waals surface area (Å²) >= 11 is 0. The largest absolute Gasteiger partial charge is 0.493 e. The van der Waals surface area contributed by atoms with E-state index in [4.69, 9.17) is 9.47 Å². The first-order valence-electron chi connectivity index (χ1n) is 9.99. The minimum Gasteiger partial charge on any atom is -0.493 e. The summed E-state index contributed by atoms with van der Waals surface area (Å²) in [5.74, 6) is 1.96. The molecule has 1 aromatic heterocycles. The number of nitrogens with zero attached hydrogens (tertiary/aromatic N) is 5. The van der Waals surface area contributed by atoms with E-state index in [1.54, 1.807) is 12.4 Å². The molecule has 8 nitrogen and oxygen atoms in total. The van der Waals surface area contributed by atoms with E-state index in [0.717, 1.165) is 35.5 Å². The van der Waals surface area contributed by atoms with Crippen molar-refractivity contribution in [3.8, 4) is 11.5 Å². The predicted octanol–water partition coefficient (Wildman–Crippen LogP) is 4.18. The van der Waals surface area contributed by atoms with Crippen molar-refractivity contribution in [3.63, 3.8) is 0 Å². The number of hydrogen-bond acceptors (Lipinski definition) is 7. The van der Waals surface area contributed by atoms with Gasteiger partial charge in [-0.1, -0.05) is 38.1 Å². The summed E-state index contributed by atoms with van der Waals surface area (Å²) in [7, 11) is 0. The SMILES string of the molecule is CCCOc1ccccc1/C=N/Nc1nncn1/N=C/c1ccccc1OCCC. The highest BCUT2D eigenvalue weighted by Gasteiger charge is 2.04. The van der Waals surface area contributed by atoms with Gasteiger partial charge in [0.25, 0.3) is 5.95 Å². The van der Waals surface area contributed by atoms with E-state index in [2.05, 4.69) is 39.7 Å². The van der Waals surface area contributed by atoms with Crippen LogP contribution in [0, 0.1) is 0 Å². The zero-order valence-electron chi connectivity index (χ0n) is 17.2. The maximum atomic E-state index is 5.76. The van der Waals surface area contributed by atoms with Gasteiger partial charge in [-0.15, -0.1) is 10.2 Å². The van der Waals surface area contributed by atoms with Crippen LogP contribution in [0.2, 0.25) is 0 Å². The number of ether oxygens (including phenoxy) is 2. The van der Waals surface area contributed by atoms with Crippen molar-refractivity contribution < 1.29 is 9.47 Å². The summed E-state index contributed by atoms with van der Waals surface area (Å²) in [4.78, 5) is 0. The molecule has 0 amide bonds. The Morgan fingerprint density at radius 3 is 2.13 bits per heavy atom. The highest BCUT2D eigenvalue weighted by molar-refractivity contribution is 5.84. The molecule has 3 rings (SSSR count). The van der Waals surface area contributed by atoms with Gasteiger partial charge in [-0.25, -0.2) is 5.43 Å². The first kappa shape index (κ1) is 21.0. The molecule has 156 valence electrons. The monoisotopic (exact) mass is 406 g/mol. The second-order valence-corrected chi connectivity index (χ2v) is 6.39. The lowest BCUT2D eigenvalue weighted by molar-refractivity contribution is 0.317. The zero-order valence-corrected chi connectivity index (χ0v) is 17.2. The van der Waals surface area contributed by atoms with Gasteiger partial charge in [0.1, 0.15) is 17.8 Å². The van der Waals surface area contributed by atoms with Crippen molar-refractivity contribution in [1.29, 1.82) is 0 Å². The molecule has 30 heavy (non-hydrogen) atoms. The van der Waals surface area contributed by atoms with Crippen LogP contribution in [0.5, 0.6) is 11.5 Å². The fourth-order valence-electron chi connectivity index (χ4n) is 2.53. The van der Waals surface area contributed by atoms with E-state index in [9.17, 15) is 0 Å². The van der Waals surface area contributed by atoms with Gasteiger partial charge < -0.3 is 9.47 Å². The molecule has 0 aliphatic rings. The van der Waals surface area contributed by atoms with E-state index < -0.39 is 0 Å². The average Bonchev–Trinajstić information content (AvgIpc) is 3.23. The van der Waals surface area contributed by atoms with Crippen LogP contribution in [0.1, 0.15) is 37.8 Å². The molecular weight excluding hydrogens is 380 g/mol. The molecule has 0 saturated carbocycles. The molecule has 0 aliphatic carbocycles. The molecule has 0 saturated heterocycles. The molecule has 0 radical (unpaired) electrons. The molecule has 0 aliphatic heterocycles. The summed E-state index contributed by atoms with van der Waals surface area (Å²) in [5, 5.41) is 16.6. The molecule has 2 aromatic carbocycles. The van der Waals surface area contributed by atoms with E-state index in [-0.39, 0.29) is 0 Å². The van der Waals surface area contributed by atoms with Crippen molar-refractivity contribution in [2.75, 3.05) is 18.6 Å². The summed E-state index contributed by atoms with van der Waals surface area (Å²) in [5.41, 5.74) is 4.61. The minimum atomic E-state index is 0.390. The Kier molecular flexibility index (Phi) is 7.96. The first-order chi connectivity index (χ1) is 14.8. The number of benzene rings is 2. The predicted molar refractivity (Wildman–Crippen MR) is 119 cm³/mol. The molecule has 8 heteroatoms. The smallest absolute Gasteiger partial charge is 0.265 e. The van der Waals surface area contributed by atoms with Gasteiger partial charge in [0.05, 0.1) is 25.6 Å². The van der Waals surface area contributed by atoms with Gasteiger partial charge in [-0.3, -0.25) is 0 Å². The molecule has 0 atom stereocenters. The maximum Gasteiger partial charge on any atom is 0.265 e. The fourth-order valence-corrected chi connectivity index (χ4v) is 2.53. The molecule has 0 spiro atoms. The molecule has 0 fully saturated rings. The number of rotatable bonds is 11. The van der Waals surface area contributed by atoms with Crippen molar-refractivity contribution in [1.82, 2.24) is 14.9 Å². The van der Waals surface area contributed by atoms with Gasteiger partial charge in [0.2, 0.25) is 0 Å². The van der Waals surface area contributed by atoms with Gasteiger partial charge in [-0.2, -0.15) is 14.9 Å². The Labute approximate surface area is 176 Å². The third-order valence-electron chi connectivity index (χ3n) is 3.98. The molecular formula is C22H26N6O2. The molecule has 0 unspecified atom stereocenters. The molecule has 3 aromatic rings. The van der Waals surface area contributed by atoms with E-state index in [1.165, 1.54) is 11.0 Å². The van der Waals surface area contributed by atoms with Crippen LogP contribution in [0.15, 0.2) is 65.1 Å². The van der Waals surface area contributed by atoms with Gasteiger partial charge in [0, 0.05) is 11.1 Å². The second kappa shape index (κ2) is 11.4. The third-order valence-corrected chi connectivity index (χ3v) is 3.98. The van der Waals surface area contributed by atoms with Crippen LogP contribution in [0.3, 0.4) is 0 Å². The lowest BCUT2D eigenvalue weighted by Gasteiger charge is -2.07. The number of hydrogen-bond donors (Lipinski definition) is 1. The topological polar surface area (TPSA) is 85.9 Å². The molecule has 1 N–H and O–H groups in total. The van der Waals surface area contributed by atoms with Gasteiger partial charge in [0.15, 0.2) is 0 Å². The van der Waals surface area contributed by atoms with Crippen molar-refractivity contribution in [3.05, 3.63) is 66.0 Å². The Balaban J connectivity index is 1.68. The Morgan fingerprint density at radius 1 is 0.900 bits per heavy atom. The molecule has 1 heterocycles. The number of aromatic nitrogens is 3. The highest BCUT2D eigenvalue weighted by atomic mass is 16.5. The van der Waals surface area contributed by atoms with E-state index >= 15 is 0 Å². The Bertz CT molecular complexity index is 983. The van der Waals surface area contributed by atoms with Crippen molar-refractivity contribution in [2.45, 2.75) is 26.7 Å². The second-order valence-electron chi connectivity index (χ2n) is 6.39. The summed E-state index contributed by atoms with van der Waals surface area (Å²) in [6, 6.07) is 15.5. The Hall–Kier alpha value is -3.68. The fraction of sp³-hybridized carbons (Fsp3) is 0.273. The van der Waals surface area contributed by atoms with Crippen LogP contribution >= 0.6 is 0 Å². The van der Waals surface area contributed by atoms with Crippen LogP contribution < -0.4 is 14.9 Å². The van der Waals surface area contributed by atoms with E-state index in [0.29, 0.717) is 19.2 Å². The van der Waals surface area contributed by atoms with Crippen LogP contribution in [-0.2, 0) is 0 Å². The number of anilines is 1. The summed E-state index contributed by atoms with van der Waals surface area (Å²) in [6.45, 7) is 5.45. The number of para-hydroxylation sites is 2. The Morgan fingerprint density at radius 2 is 1.50 bits per heavy atom. The summed E-state index contributed by atoms with van der Waals surface area (Å²) in [6.07, 6.45) is 6.77. The van der Waals surface area contributed by atoms with Crippen LogP contribution in [0.25, 0.3) is 0 Å². The van der Waals surface area contributed by atoms with Crippen LogP contribution in [-0.4, -0.2) is 40.5 Å². The van der Waals surface area contributed by atoms with Crippen molar-refractivity contribution in [2.24, 2.45) is 10.2 Å². The lowest BCUT2D eigenvalue weighted by atomic mass is 10.2. The first-order valence-corrected chi connectivity index (χ1v) is 9.99. The van der Waals surface area contributed by atoms with E-state index in [1.807, 2.05) is 48.5 Å². The highest BCUT2D eigenvalue weighted by Crippen LogP contribution is 2.17. The normalized spacial score (nSPS) is 11.3.